The molecular formula is C84H86N4. The first-order chi connectivity index (χ1) is 43.2. The lowest BCUT2D eigenvalue weighted by Gasteiger charge is -2.12. The van der Waals surface area contributed by atoms with Gasteiger partial charge in [0.25, 0.3) is 0 Å². The van der Waals surface area contributed by atoms with E-state index in [1.165, 1.54) is 71.3 Å². The van der Waals surface area contributed by atoms with E-state index in [9.17, 15) is 0 Å². The second-order valence-corrected chi connectivity index (χ2v) is 20.5. The first-order valence-corrected chi connectivity index (χ1v) is 31.0. The molecule has 0 atom stereocenters. The van der Waals surface area contributed by atoms with Crippen LogP contribution >= 0.6 is 0 Å². The van der Waals surface area contributed by atoms with Crippen molar-refractivity contribution in [2.75, 3.05) is 0 Å². The molecule has 10 aromatic carbocycles. The highest BCUT2D eigenvalue weighted by molar-refractivity contribution is 6.27. The first-order valence-electron chi connectivity index (χ1n) is 31.0. The first kappa shape index (κ1) is 65.4. The minimum Gasteiger partial charge on any atom is -0.316 e. The van der Waals surface area contributed by atoms with Crippen molar-refractivity contribution in [3.8, 4) is 56.4 Å². The molecule has 0 spiro atoms. The van der Waals surface area contributed by atoms with Gasteiger partial charge in [0.2, 0.25) is 0 Å². The van der Waals surface area contributed by atoms with E-state index in [0.717, 1.165) is 57.0 Å². The molecule has 0 aliphatic carbocycles. The predicted molar refractivity (Wildman–Crippen MR) is 388 cm³/mol. The molecule has 0 fully saturated rings. The molecule has 0 radical (unpaired) electrons. The molecule has 0 bridgehead atoms. The highest BCUT2D eigenvalue weighted by Crippen LogP contribution is 2.41. The molecular weight excluding hydrogens is 1060 g/mol. The number of benzene rings is 10. The minimum atomic E-state index is 0.708. The third-order valence-corrected chi connectivity index (χ3v) is 14.7. The Hall–Kier alpha value is -10.2. The average molecular weight is 1150 g/mol. The van der Waals surface area contributed by atoms with Crippen LogP contribution in [0, 0.1) is 20.8 Å². The van der Waals surface area contributed by atoms with E-state index in [-0.39, 0.29) is 0 Å². The van der Waals surface area contributed by atoms with E-state index >= 15 is 0 Å². The molecule has 0 saturated heterocycles. The summed E-state index contributed by atoms with van der Waals surface area (Å²) in [6.07, 6.45) is 15.5. The molecule has 442 valence electrons. The second kappa shape index (κ2) is 33.5. The van der Waals surface area contributed by atoms with Gasteiger partial charge in [-0.05, 0) is 135 Å². The van der Waals surface area contributed by atoms with Crippen molar-refractivity contribution in [2.45, 2.75) is 82.6 Å². The van der Waals surface area contributed by atoms with Gasteiger partial charge in [-0.3, -0.25) is 0 Å². The maximum Gasteiger partial charge on any atom is 0.160 e. The van der Waals surface area contributed by atoms with Crippen LogP contribution in [0.4, 0.5) is 0 Å². The second-order valence-electron chi connectivity index (χ2n) is 20.5. The Labute approximate surface area is 524 Å². The largest absolute Gasteiger partial charge is 0.316 e. The number of para-hydroxylation sites is 2. The Morgan fingerprint density at radius 3 is 1.41 bits per heavy atom. The summed E-state index contributed by atoms with van der Waals surface area (Å²) < 4.78 is 4.74. The van der Waals surface area contributed by atoms with Gasteiger partial charge in [0.1, 0.15) is 0 Å². The van der Waals surface area contributed by atoms with Gasteiger partial charge in [-0.25, -0.2) is 9.97 Å². The zero-order valence-electron chi connectivity index (χ0n) is 53.5. The normalized spacial score (nSPS) is 10.5. The number of allylic oxidation sites excluding steroid dienone is 4. The number of fused-ring (bicyclic) bond motifs is 7. The van der Waals surface area contributed by atoms with E-state index < -0.39 is 0 Å². The highest BCUT2D eigenvalue weighted by atomic mass is 15.0. The third kappa shape index (κ3) is 15.8. The van der Waals surface area contributed by atoms with Crippen molar-refractivity contribution >= 4 is 55.6 Å². The maximum absolute atomic E-state index is 5.03. The van der Waals surface area contributed by atoms with Crippen molar-refractivity contribution < 1.29 is 0 Å². The van der Waals surface area contributed by atoms with Crippen LogP contribution in [-0.2, 0) is 0 Å². The molecule has 0 amide bonds. The van der Waals surface area contributed by atoms with E-state index in [4.69, 9.17) is 9.97 Å². The van der Waals surface area contributed by atoms with Crippen LogP contribution in [0.15, 0.2) is 286 Å². The van der Waals surface area contributed by atoms with Gasteiger partial charge in [-0.1, -0.05) is 271 Å². The quantitative estimate of drug-likeness (QED) is 0.135. The lowest BCUT2D eigenvalue weighted by atomic mass is 9.97. The number of rotatable bonds is 9. The van der Waals surface area contributed by atoms with Crippen molar-refractivity contribution in [1.82, 2.24) is 19.1 Å². The van der Waals surface area contributed by atoms with Gasteiger partial charge < -0.3 is 9.13 Å². The van der Waals surface area contributed by atoms with Crippen LogP contribution in [0.5, 0.6) is 0 Å². The summed E-state index contributed by atoms with van der Waals surface area (Å²) in [6, 6.07) is 85.6. The Balaban J connectivity index is 0.000000285. The van der Waals surface area contributed by atoms with Crippen LogP contribution in [0.25, 0.3) is 112 Å². The average Bonchev–Trinajstić information content (AvgIpc) is 1.94. The van der Waals surface area contributed by atoms with Gasteiger partial charge >= 0.3 is 0 Å². The molecule has 3 heterocycles. The molecule has 88 heavy (non-hydrogen) atoms. The van der Waals surface area contributed by atoms with Crippen molar-refractivity contribution in [3.05, 3.63) is 314 Å². The summed E-state index contributed by atoms with van der Waals surface area (Å²) in [5.74, 6) is 0.708. The molecule has 4 nitrogen and oxygen atoms in total. The summed E-state index contributed by atoms with van der Waals surface area (Å²) in [5, 5.41) is 6.25. The van der Waals surface area contributed by atoms with Crippen LogP contribution < -0.4 is 0 Å². The molecule has 3 aromatic heterocycles. The van der Waals surface area contributed by atoms with E-state index in [1.54, 1.807) is 12.2 Å². The van der Waals surface area contributed by atoms with E-state index in [2.05, 4.69) is 275 Å². The molecule has 0 saturated carbocycles. The summed E-state index contributed by atoms with van der Waals surface area (Å²) in [6.45, 7) is 29.2. The molecule has 13 aromatic rings. The van der Waals surface area contributed by atoms with Crippen molar-refractivity contribution in [2.24, 2.45) is 0 Å². The molecule has 0 N–H and O–H groups in total. The number of aryl methyl sites for hydroxylation is 1. The predicted octanol–water partition coefficient (Wildman–Crippen LogP) is 24.5. The van der Waals surface area contributed by atoms with Crippen LogP contribution in [-0.4, -0.2) is 19.1 Å². The fourth-order valence-electron chi connectivity index (χ4n) is 10.5. The topological polar surface area (TPSA) is 35.6 Å². The van der Waals surface area contributed by atoms with Gasteiger partial charge in [0.05, 0.1) is 27.9 Å². The van der Waals surface area contributed by atoms with Crippen molar-refractivity contribution in [3.63, 3.8) is 0 Å². The summed E-state index contributed by atoms with van der Waals surface area (Å²) in [5.41, 5.74) is 19.8. The molecule has 0 aliphatic rings. The zero-order chi connectivity index (χ0) is 62.8. The van der Waals surface area contributed by atoms with Gasteiger partial charge in [0, 0.05) is 55.8 Å². The Morgan fingerprint density at radius 1 is 0.420 bits per heavy atom. The molecule has 13 rings (SSSR count). The highest BCUT2D eigenvalue weighted by Gasteiger charge is 2.19. The number of hydrogen-bond donors (Lipinski definition) is 0. The molecule has 4 heteroatoms. The zero-order valence-corrected chi connectivity index (χ0v) is 53.5. The van der Waals surface area contributed by atoms with Gasteiger partial charge in [-0.15, -0.1) is 13.2 Å². The molecule has 0 unspecified atom stereocenters. The Kier molecular flexibility index (Phi) is 24.9. The third-order valence-electron chi connectivity index (χ3n) is 14.7. The van der Waals surface area contributed by atoms with Crippen LogP contribution in [0.2, 0.25) is 0 Å². The smallest absolute Gasteiger partial charge is 0.160 e. The SMILES string of the molecule is C/C=C\c1ccc(/C=C\CC)c(C)c1C.C=CC.C=CC.CC.CC.Cc1ccccc1.c1ccc(-c2cc(-c3ccccc3)nc(-c3ccc(-c4ccc(-n5c6ccccc6c6c7c(ccc8ccn(-c9ccccc9)c87)ccc65)cc4)cc3)n2)cc1. The monoisotopic (exact) mass is 1150 g/mol. The lowest BCUT2D eigenvalue weighted by molar-refractivity contribution is 1.13. The maximum atomic E-state index is 5.03. The fraction of sp³-hybridized carbons (Fsp3) is 0.143. The van der Waals surface area contributed by atoms with E-state index in [1.807, 2.05) is 96.1 Å². The Morgan fingerprint density at radius 2 is 0.886 bits per heavy atom. The Bertz CT molecular complexity index is 4270. The summed E-state index contributed by atoms with van der Waals surface area (Å²) in [7, 11) is 0. The van der Waals surface area contributed by atoms with Crippen LogP contribution in [0.1, 0.15) is 89.6 Å². The number of hydrogen-bond acceptors (Lipinski definition) is 2. The molecule has 0 aliphatic heterocycles. The standard InChI is InChI=1S/C52H34N4.C15H20.C7H8.2C3H6.2C2H6/c1-4-12-37(13-5-1)45-34-46(38-14-6-2-7-15-38)54-52(53-45)41-24-20-35(21-25-41)36-26-29-43(30-27-36)56-47-19-11-10-18-44(47)50-48(56)31-28-39-22-23-40-32-33-55(51(40)49(39)50)42-16-8-3-9-17-42;1-5-7-9-15-11-10-14(8-6-2)12(3)13(15)4;1-7-5-3-2-4-6-7;2*1-3-2;2*1-2/h1-34H;6-11H,5H2,1-4H3;2-6H,1H3;2*3H,1H2,2H3;2*1-2H3/b;8-6-,9-7-;;;;;. The van der Waals surface area contributed by atoms with Crippen molar-refractivity contribution in [1.29, 1.82) is 0 Å². The van der Waals surface area contributed by atoms with Gasteiger partial charge in [-0.2, -0.15) is 0 Å². The van der Waals surface area contributed by atoms with E-state index in [0.29, 0.717) is 5.82 Å². The lowest BCUT2D eigenvalue weighted by Crippen LogP contribution is -1.96. The van der Waals surface area contributed by atoms with Crippen LogP contribution in [0.3, 0.4) is 0 Å². The number of nitrogens with zero attached hydrogens (tertiary/aromatic N) is 4. The fourth-order valence-corrected chi connectivity index (χ4v) is 10.5. The van der Waals surface area contributed by atoms with Gasteiger partial charge in [0.15, 0.2) is 5.82 Å². The summed E-state index contributed by atoms with van der Waals surface area (Å²) >= 11 is 0. The number of aromatic nitrogens is 4. The minimum absolute atomic E-state index is 0.708. The summed E-state index contributed by atoms with van der Waals surface area (Å²) in [4.78, 5) is 10.1.